The lowest BCUT2D eigenvalue weighted by Gasteiger charge is -2.31. The van der Waals surface area contributed by atoms with Gasteiger partial charge in [0.1, 0.15) is 11.8 Å². The molecule has 1 aliphatic heterocycles. The number of quaternary nitrogens is 1. The number of Topliss-reactive ketones (excluding diaryl/α,β-unsaturated/α-hetero) is 1. The first-order chi connectivity index (χ1) is 7.59. The molecule has 1 N–H and O–H groups in total. The van der Waals surface area contributed by atoms with Gasteiger partial charge in [0.2, 0.25) is 0 Å². The van der Waals surface area contributed by atoms with Gasteiger partial charge in [0.15, 0.2) is 5.78 Å². The second kappa shape index (κ2) is 4.26. The van der Waals surface area contributed by atoms with Crippen molar-refractivity contribution in [3.05, 3.63) is 29.7 Å². The zero-order chi connectivity index (χ0) is 11.7. The van der Waals surface area contributed by atoms with E-state index in [1.165, 1.54) is 4.90 Å². The minimum Gasteiger partial charge on any atom is -0.465 e. The average Bonchev–Trinajstić information content (AvgIpc) is 2.74. The number of nitrogens with one attached hydrogen (secondary N) is 1. The Morgan fingerprint density at radius 3 is 2.88 bits per heavy atom. The predicted molar refractivity (Wildman–Crippen MR) is 62.1 cm³/mol. The smallest absolute Gasteiger partial charge is 0.173 e. The van der Waals surface area contributed by atoms with E-state index in [0.29, 0.717) is 0 Å². The highest BCUT2D eigenvalue weighted by Crippen LogP contribution is 2.17. The van der Waals surface area contributed by atoms with Crippen molar-refractivity contribution in [2.75, 3.05) is 13.6 Å². The fourth-order valence-electron chi connectivity index (χ4n) is 2.24. The molecule has 2 rings (SSSR count). The summed E-state index contributed by atoms with van der Waals surface area (Å²) in [6.45, 7) is 5.00. The molecule has 86 valence electrons. The molecular formula is C13H18NO2+. The average molecular weight is 220 g/mol. The van der Waals surface area contributed by atoms with Crippen LogP contribution < -0.4 is 4.90 Å². The van der Waals surface area contributed by atoms with Crippen molar-refractivity contribution in [1.29, 1.82) is 0 Å². The summed E-state index contributed by atoms with van der Waals surface area (Å²) in [5, 5.41) is 0. The Labute approximate surface area is 95.7 Å². The molecule has 0 aliphatic carbocycles. The van der Waals surface area contributed by atoms with Gasteiger partial charge >= 0.3 is 0 Å². The number of ketones is 1. The van der Waals surface area contributed by atoms with Gasteiger partial charge in [-0.3, -0.25) is 4.79 Å². The fourth-order valence-corrected chi connectivity index (χ4v) is 2.24. The summed E-state index contributed by atoms with van der Waals surface area (Å²) in [5.41, 5.74) is 0.881. The van der Waals surface area contributed by atoms with Crippen LogP contribution >= 0.6 is 0 Å². The minimum absolute atomic E-state index is 0.109. The summed E-state index contributed by atoms with van der Waals surface area (Å²) in [4.78, 5) is 13.5. The van der Waals surface area contributed by atoms with Crippen LogP contribution in [-0.4, -0.2) is 25.4 Å². The van der Waals surface area contributed by atoms with E-state index >= 15 is 0 Å². The topological polar surface area (TPSA) is 34.7 Å². The van der Waals surface area contributed by atoms with Crippen molar-refractivity contribution >= 4 is 11.9 Å². The number of piperidine rings is 1. The maximum Gasteiger partial charge on any atom is 0.173 e. The van der Waals surface area contributed by atoms with Crippen molar-refractivity contribution in [3.63, 3.8) is 0 Å². The predicted octanol–water partition coefficient (Wildman–Crippen LogP) is 0.785. The number of carbonyl (C=O) groups is 1. The number of likely N-dealkylation sites (tertiary alicyclic amines) is 1. The normalized spacial score (nSPS) is 33.3. The van der Waals surface area contributed by atoms with Crippen LogP contribution in [-0.2, 0) is 4.79 Å². The van der Waals surface area contributed by atoms with Crippen LogP contribution in [0.1, 0.15) is 19.6 Å². The number of furan rings is 1. The summed E-state index contributed by atoms with van der Waals surface area (Å²) in [7, 11) is 2.13. The molecule has 1 aromatic heterocycles. The highest BCUT2D eigenvalue weighted by atomic mass is 16.3. The first kappa shape index (κ1) is 11.1. The van der Waals surface area contributed by atoms with Gasteiger partial charge in [-0.15, -0.1) is 0 Å². The van der Waals surface area contributed by atoms with E-state index in [2.05, 4.69) is 14.0 Å². The van der Waals surface area contributed by atoms with Gasteiger partial charge in [-0.2, -0.15) is 0 Å². The molecule has 0 amide bonds. The molecule has 3 atom stereocenters. The Morgan fingerprint density at radius 2 is 2.25 bits per heavy atom. The molecule has 2 heterocycles. The van der Waals surface area contributed by atoms with Crippen molar-refractivity contribution in [3.8, 4) is 0 Å². The standard InChI is InChI=1S/C13H17NO2/c1-9-8-14(3)10(2)12(13(9)15)7-11-5-4-6-16-11/h4-7,9-10H,8H2,1-3H3/p+1/t9-,10-/m1/s1. The summed E-state index contributed by atoms with van der Waals surface area (Å²) in [6.07, 6.45) is 3.51. The quantitative estimate of drug-likeness (QED) is 0.710. The van der Waals surface area contributed by atoms with Crippen LogP contribution in [0.25, 0.3) is 6.08 Å². The first-order valence-corrected chi connectivity index (χ1v) is 5.71. The zero-order valence-corrected chi connectivity index (χ0v) is 9.99. The molecule has 0 spiro atoms. The third kappa shape index (κ3) is 1.95. The van der Waals surface area contributed by atoms with Crippen molar-refractivity contribution < 1.29 is 14.1 Å². The summed E-state index contributed by atoms with van der Waals surface area (Å²) in [5.74, 6) is 1.13. The molecule has 1 unspecified atom stereocenters. The van der Waals surface area contributed by atoms with Gasteiger partial charge in [0.25, 0.3) is 0 Å². The van der Waals surface area contributed by atoms with E-state index in [4.69, 9.17) is 4.42 Å². The molecule has 0 radical (unpaired) electrons. The first-order valence-electron chi connectivity index (χ1n) is 5.71. The van der Waals surface area contributed by atoms with Crippen LogP contribution in [0.4, 0.5) is 0 Å². The lowest BCUT2D eigenvalue weighted by molar-refractivity contribution is -0.902. The van der Waals surface area contributed by atoms with Gasteiger partial charge < -0.3 is 9.32 Å². The number of hydrogen-bond donors (Lipinski definition) is 1. The van der Waals surface area contributed by atoms with Crippen LogP contribution in [0.15, 0.2) is 28.4 Å². The molecule has 16 heavy (non-hydrogen) atoms. The molecule has 1 saturated heterocycles. The second-order valence-corrected chi connectivity index (χ2v) is 4.65. The molecule has 0 aromatic carbocycles. The van der Waals surface area contributed by atoms with Gasteiger partial charge in [-0.05, 0) is 32.1 Å². The number of likely N-dealkylation sites (N-methyl/N-ethyl adjacent to an activating group) is 1. The van der Waals surface area contributed by atoms with E-state index in [9.17, 15) is 4.79 Å². The lowest BCUT2D eigenvalue weighted by atomic mass is 9.88. The highest BCUT2D eigenvalue weighted by molar-refractivity contribution is 6.02. The third-order valence-electron chi connectivity index (χ3n) is 3.41. The summed E-state index contributed by atoms with van der Waals surface area (Å²) in [6, 6.07) is 3.96. The van der Waals surface area contributed by atoms with Gasteiger partial charge in [0.05, 0.1) is 31.3 Å². The Morgan fingerprint density at radius 1 is 1.50 bits per heavy atom. The second-order valence-electron chi connectivity index (χ2n) is 4.65. The molecule has 1 fully saturated rings. The number of rotatable bonds is 1. The van der Waals surface area contributed by atoms with Crippen LogP contribution in [0.5, 0.6) is 0 Å². The van der Waals surface area contributed by atoms with E-state index in [1.807, 2.05) is 25.1 Å². The van der Waals surface area contributed by atoms with Crippen molar-refractivity contribution in [2.45, 2.75) is 19.9 Å². The molecule has 3 nitrogen and oxygen atoms in total. The van der Waals surface area contributed by atoms with E-state index in [1.54, 1.807) is 6.26 Å². The maximum absolute atomic E-state index is 12.1. The van der Waals surface area contributed by atoms with Crippen LogP contribution in [0.3, 0.4) is 0 Å². The van der Waals surface area contributed by atoms with Gasteiger partial charge in [-0.25, -0.2) is 0 Å². The maximum atomic E-state index is 12.1. The van der Waals surface area contributed by atoms with Crippen molar-refractivity contribution in [1.82, 2.24) is 0 Å². The van der Waals surface area contributed by atoms with Gasteiger partial charge in [0, 0.05) is 0 Å². The number of carbonyl (C=O) groups excluding carboxylic acids is 1. The lowest BCUT2D eigenvalue weighted by Crippen LogP contribution is -3.14. The van der Waals surface area contributed by atoms with Gasteiger partial charge in [-0.1, -0.05) is 0 Å². The van der Waals surface area contributed by atoms with Crippen molar-refractivity contribution in [2.24, 2.45) is 5.92 Å². The molecule has 1 aromatic rings. The summed E-state index contributed by atoms with van der Waals surface area (Å²) < 4.78 is 5.27. The minimum atomic E-state index is 0.109. The largest absolute Gasteiger partial charge is 0.465 e. The van der Waals surface area contributed by atoms with E-state index in [0.717, 1.165) is 17.9 Å². The third-order valence-corrected chi connectivity index (χ3v) is 3.41. The number of hydrogen-bond acceptors (Lipinski definition) is 2. The Hall–Kier alpha value is -1.35. The van der Waals surface area contributed by atoms with Crippen LogP contribution in [0, 0.1) is 5.92 Å². The molecule has 1 aliphatic rings. The van der Waals surface area contributed by atoms with E-state index in [-0.39, 0.29) is 17.7 Å². The SMILES string of the molecule is C[C@@H]1C[NH+](C)[C@H](C)C(=Cc2ccco2)C1=O. The molecular weight excluding hydrogens is 202 g/mol. The highest BCUT2D eigenvalue weighted by Gasteiger charge is 2.35. The van der Waals surface area contributed by atoms with Crippen LogP contribution in [0.2, 0.25) is 0 Å². The molecule has 0 saturated carbocycles. The molecule has 3 heteroatoms. The zero-order valence-electron chi connectivity index (χ0n) is 9.99. The summed E-state index contributed by atoms with van der Waals surface area (Å²) >= 11 is 0. The molecule has 0 bridgehead atoms. The monoisotopic (exact) mass is 220 g/mol. The Balaban J connectivity index is 2.33. The Bertz CT molecular complexity index is 406. The van der Waals surface area contributed by atoms with E-state index < -0.39 is 0 Å². The fraction of sp³-hybridized carbons (Fsp3) is 0.462. The Kier molecular flexibility index (Phi) is 2.97.